The van der Waals surface area contributed by atoms with Crippen molar-refractivity contribution in [2.24, 2.45) is 0 Å². The van der Waals surface area contributed by atoms with Crippen LogP contribution in [0.15, 0.2) is 0 Å². The van der Waals surface area contributed by atoms with E-state index < -0.39 is 0 Å². The van der Waals surface area contributed by atoms with Crippen molar-refractivity contribution in [2.45, 2.75) is 0 Å². The summed E-state index contributed by atoms with van der Waals surface area (Å²) < 4.78 is 42.9. The zero-order valence-corrected chi connectivity index (χ0v) is 18.8. The molecular formula is C21H41NO8. The summed E-state index contributed by atoms with van der Waals surface area (Å²) >= 11 is 0. The Morgan fingerprint density at radius 2 is 0.733 bits per heavy atom. The molecule has 0 bridgehead atoms. The molecule has 0 spiro atoms. The Kier molecular flexibility index (Phi) is 25.5. The third-order valence-corrected chi connectivity index (χ3v) is 3.47. The van der Waals surface area contributed by atoms with Gasteiger partial charge in [-0.3, -0.25) is 0 Å². The van der Waals surface area contributed by atoms with E-state index in [1.165, 1.54) is 0 Å². The third-order valence-electron chi connectivity index (χ3n) is 3.47. The summed E-state index contributed by atoms with van der Waals surface area (Å²) in [6.07, 6.45) is 5.06. The van der Waals surface area contributed by atoms with Crippen molar-refractivity contribution < 1.29 is 37.9 Å². The van der Waals surface area contributed by atoms with Gasteiger partial charge in [-0.2, -0.15) is 0 Å². The van der Waals surface area contributed by atoms with Crippen molar-refractivity contribution in [3.8, 4) is 12.3 Å². The largest absolute Gasteiger partial charge is 0.378 e. The van der Waals surface area contributed by atoms with Gasteiger partial charge in [-0.15, -0.1) is 6.42 Å². The number of ether oxygens (including phenoxy) is 8. The average molecular weight is 436 g/mol. The van der Waals surface area contributed by atoms with E-state index >= 15 is 0 Å². The minimum absolute atomic E-state index is 0.316. The molecule has 0 unspecified atom stereocenters. The topological polar surface area (TPSA) is 77.1 Å². The van der Waals surface area contributed by atoms with Gasteiger partial charge < -0.3 is 42.8 Å². The molecule has 0 rings (SSSR count). The molecule has 0 amide bonds. The van der Waals surface area contributed by atoms with Gasteiger partial charge in [-0.25, -0.2) is 0 Å². The van der Waals surface area contributed by atoms with E-state index in [4.69, 9.17) is 44.3 Å². The maximum atomic E-state index is 5.43. The quantitative estimate of drug-likeness (QED) is 0.149. The highest BCUT2D eigenvalue weighted by molar-refractivity contribution is 4.82. The molecule has 0 radical (unpaired) electrons. The molecule has 0 saturated carbocycles. The van der Waals surface area contributed by atoms with Crippen LogP contribution in [0.25, 0.3) is 0 Å². The molecule has 0 fully saturated rings. The first-order valence-electron chi connectivity index (χ1n) is 10.5. The third kappa shape index (κ3) is 27.2. The van der Waals surface area contributed by atoms with Crippen LogP contribution in [0.5, 0.6) is 0 Å². The molecule has 30 heavy (non-hydrogen) atoms. The molecule has 9 nitrogen and oxygen atoms in total. The Morgan fingerprint density at radius 3 is 1.00 bits per heavy atom. The van der Waals surface area contributed by atoms with Gasteiger partial charge in [0, 0.05) is 6.54 Å². The van der Waals surface area contributed by atoms with E-state index in [-0.39, 0.29) is 0 Å². The van der Waals surface area contributed by atoms with Crippen molar-refractivity contribution in [3.63, 3.8) is 0 Å². The first-order chi connectivity index (χ1) is 14.8. The summed E-state index contributed by atoms with van der Waals surface area (Å²) in [6.45, 7) is 9.54. The normalized spacial score (nSPS) is 11.3. The number of rotatable bonds is 25. The standard InChI is InChI=1S/C21H41NO8/c1-4-6-23-8-10-25-12-14-27-16-18-29-20-21-30-19-17-28-15-13-26-11-9-24-7-5-22(2)3/h1H,5-21H2,2-3H3. The fourth-order valence-corrected chi connectivity index (χ4v) is 1.92. The lowest BCUT2D eigenvalue weighted by atomic mass is 10.6. The number of hydrogen-bond acceptors (Lipinski definition) is 9. The molecule has 0 aliphatic carbocycles. The van der Waals surface area contributed by atoms with E-state index in [0.717, 1.165) is 13.2 Å². The minimum Gasteiger partial charge on any atom is -0.378 e. The van der Waals surface area contributed by atoms with Crippen LogP contribution >= 0.6 is 0 Å². The average Bonchev–Trinajstić information content (AvgIpc) is 2.73. The highest BCUT2D eigenvalue weighted by Gasteiger charge is 1.95. The number of nitrogens with zero attached hydrogens (tertiary/aromatic N) is 1. The lowest BCUT2D eigenvalue weighted by molar-refractivity contribution is -0.0227. The maximum Gasteiger partial charge on any atom is 0.107 e. The summed E-state index contributed by atoms with van der Waals surface area (Å²) in [5, 5.41) is 0. The maximum absolute atomic E-state index is 5.43. The highest BCUT2D eigenvalue weighted by Crippen LogP contribution is 1.86. The summed E-state index contributed by atoms with van der Waals surface area (Å²) in [7, 11) is 4.04. The second kappa shape index (κ2) is 26.2. The van der Waals surface area contributed by atoms with Crippen molar-refractivity contribution in [1.82, 2.24) is 4.90 Å². The van der Waals surface area contributed by atoms with Gasteiger partial charge in [0.05, 0.1) is 99.1 Å². The monoisotopic (exact) mass is 435 g/mol. The van der Waals surface area contributed by atoms with Gasteiger partial charge in [0.1, 0.15) is 6.61 Å². The van der Waals surface area contributed by atoms with Crippen molar-refractivity contribution in [2.75, 3.05) is 126 Å². The molecule has 0 saturated heterocycles. The van der Waals surface area contributed by atoms with Gasteiger partial charge >= 0.3 is 0 Å². The molecular weight excluding hydrogens is 394 g/mol. The molecule has 0 aromatic rings. The molecule has 0 heterocycles. The van der Waals surface area contributed by atoms with Gasteiger partial charge in [-0.05, 0) is 14.1 Å². The molecule has 178 valence electrons. The van der Waals surface area contributed by atoms with Crippen molar-refractivity contribution in [3.05, 3.63) is 0 Å². The Hall–Kier alpha value is -0.800. The highest BCUT2D eigenvalue weighted by atomic mass is 16.6. The predicted octanol–water partition coefficient (Wildman–Crippen LogP) is 0.314. The fraction of sp³-hybridized carbons (Fsp3) is 0.905. The van der Waals surface area contributed by atoms with Crippen LogP contribution in [0.2, 0.25) is 0 Å². The number of terminal acetylenes is 1. The van der Waals surface area contributed by atoms with Crippen LogP contribution in [0.3, 0.4) is 0 Å². The summed E-state index contributed by atoms with van der Waals surface area (Å²) in [5.41, 5.74) is 0. The van der Waals surface area contributed by atoms with Crippen LogP contribution in [-0.4, -0.2) is 131 Å². The predicted molar refractivity (Wildman–Crippen MR) is 114 cm³/mol. The zero-order chi connectivity index (χ0) is 22.0. The Balaban J connectivity index is 3.00. The van der Waals surface area contributed by atoms with Crippen LogP contribution in [0.1, 0.15) is 0 Å². The zero-order valence-electron chi connectivity index (χ0n) is 18.8. The molecule has 0 N–H and O–H groups in total. The van der Waals surface area contributed by atoms with Crippen LogP contribution in [-0.2, 0) is 37.9 Å². The smallest absolute Gasteiger partial charge is 0.107 e. The summed E-state index contributed by atoms with van der Waals surface area (Å²) in [5.74, 6) is 2.39. The number of likely N-dealkylation sites (N-methyl/N-ethyl adjacent to an activating group) is 1. The Labute approximate surface area is 182 Å². The first kappa shape index (κ1) is 29.2. The molecule has 9 heteroatoms. The summed E-state index contributed by atoms with van der Waals surface area (Å²) in [6, 6.07) is 0. The van der Waals surface area contributed by atoms with E-state index in [1.54, 1.807) is 0 Å². The van der Waals surface area contributed by atoms with Gasteiger partial charge in [0.15, 0.2) is 0 Å². The SMILES string of the molecule is C#CCOCCOCCOCCOCCOCCOCCOCCOCCN(C)C. The van der Waals surface area contributed by atoms with E-state index in [9.17, 15) is 0 Å². The molecule has 0 atom stereocenters. The first-order valence-corrected chi connectivity index (χ1v) is 10.5. The van der Waals surface area contributed by atoms with Crippen LogP contribution in [0.4, 0.5) is 0 Å². The second-order valence-electron chi connectivity index (χ2n) is 6.35. The molecule has 0 aliphatic heterocycles. The molecule has 0 aromatic heterocycles. The lowest BCUT2D eigenvalue weighted by Crippen LogP contribution is -2.19. The Morgan fingerprint density at radius 1 is 0.467 bits per heavy atom. The van der Waals surface area contributed by atoms with Crippen molar-refractivity contribution in [1.29, 1.82) is 0 Å². The van der Waals surface area contributed by atoms with Crippen LogP contribution < -0.4 is 0 Å². The van der Waals surface area contributed by atoms with E-state index in [2.05, 4.69) is 10.8 Å². The molecule has 0 aromatic carbocycles. The van der Waals surface area contributed by atoms with Gasteiger partial charge in [0.2, 0.25) is 0 Å². The number of hydrogen-bond donors (Lipinski definition) is 0. The fourth-order valence-electron chi connectivity index (χ4n) is 1.92. The summed E-state index contributed by atoms with van der Waals surface area (Å²) in [4.78, 5) is 2.08. The van der Waals surface area contributed by atoms with Crippen LogP contribution in [0, 0.1) is 12.3 Å². The lowest BCUT2D eigenvalue weighted by Gasteiger charge is -2.10. The van der Waals surface area contributed by atoms with E-state index in [0.29, 0.717) is 99.1 Å². The Bertz CT molecular complexity index is 365. The van der Waals surface area contributed by atoms with Crippen molar-refractivity contribution >= 4 is 0 Å². The van der Waals surface area contributed by atoms with Gasteiger partial charge in [0.25, 0.3) is 0 Å². The minimum atomic E-state index is 0.316. The second-order valence-corrected chi connectivity index (χ2v) is 6.35. The van der Waals surface area contributed by atoms with Gasteiger partial charge in [-0.1, -0.05) is 5.92 Å². The van der Waals surface area contributed by atoms with E-state index in [1.807, 2.05) is 14.1 Å². The molecule has 0 aliphatic rings.